The third-order valence-corrected chi connectivity index (χ3v) is 4.00. The highest BCUT2D eigenvalue weighted by Crippen LogP contribution is 2.17. The molecule has 1 fully saturated rings. The first-order valence-corrected chi connectivity index (χ1v) is 8.52. The van der Waals surface area contributed by atoms with E-state index in [1.807, 2.05) is 4.81 Å². The number of amides is 1. The number of halogens is 1. The van der Waals surface area contributed by atoms with Crippen LogP contribution in [0.15, 0.2) is 24.3 Å². The normalized spacial score (nSPS) is 19.2. The minimum absolute atomic E-state index is 0.125. The molecule has 1 aromatic rings. The lowest BCUT2D eigenvalue weighted by Gasteiger charge is -2.33. The molecule has 0 bridgehead atoms. The minimum Gasteiger partial charge on any atom is -0.437 e. The average molecular weight is 344 g/mol. The summed E-state index contributed by atoms with van der Waals surface area (Å²) in [5.74, 6) is -0.682. The summed E-state index contributed by atoms with van der Waals surface area (Å²) in [6.07, 6.45) is 1.63. The zero-order valence-electron chi connectivity index (χ0n) is 12.6. The maximum Gasteiger partial charge on any atom is 0.488 e. The molecule has 1 saturated heterocycles. The van der Waals surface area contributed by atoms with Crippen LogP contribution in [0.2, 0.25) is 6.82 Å². The molecule has 23 heavy (non-hydrogen) atoms. The molecule has 1 aromatic carbocycles. The van der Waals surface area contributed by atoms with Crippen molar-refractivity contribution in [1.29, 1.82) is 0 Å². The van der Waals surface area contributed by atoms with Crippen LogP contribution in [0.1, 0.15) is 23.2 Å². The number of benzene rings is 1. The lowest BCUT2D eigenvalue weighted by molar-refractivity contribution is 0.0918. The van der Waals surface area contributed by atoms with Gasteiger partial charge in [-0.05, 0) is 44.4 Å². The summed E-state index contributed by atoms with van der Waals surface area (Å²) < 4.78 is 37.6. The van der Waals surface area contributed by atoms with Crippen LogP contribution >= 0.6 is 0 Å². The van der Waals surface area contributed by atoms with Gasteiger partial charge in [0.2, 0.25) is 0 Å². The molecule has 1 amide bonds. The fourth-order valence-corrected chi connectivity index (χ4v) is 2.87. The van der Waals surface area contributed by atoms with Crippen LogP contribution in [-0.4, -0.2) is 50.3 Å². The van der Waals surface area contributed by atoms with Crippen molar-refractivity contribution >= 4 is 23.5 Å². The van der Waals surface area contributed by atoms with Gasteiger partial charge in [0.1, 0.15) is 5.75 Å². The van der Waals surface area contributed by atoms with Gasteiger partial charge in [-0.25, -0.2) is 0 Å². The van der Waals surface area contributed by atoms with Gasteiger partial charge in [0, 0.05) is 18.2 Å². The Morgan fingerprint density at radius 1 is 1.52 bits per heavy atom. The van der Waals surface area contributed by atoms with Crippen LogP contribution in [0.25, 0.3) is 0 Å². The Labute approximate surface area is 135 Å². The third kappa shape index (κ3) is 5.49. The van der Waals surface area contributed by atoms with Crippen LogP contribution in [0.3, 0.4) is 0 Å². The van der Waals surface area contributed by atoms with Crippen LogP contribution in [0.5, 0.6) is 5.75 Å². The second kappa shape index (κ2) is 7.28. The molecular weight excluding hydrogens is 326 g/mol. The Hall–Kier alpha value is -1.65. The number of rotatable bonds is 5. The second-order valence-corrected chi connectivity index (χ2v) is 6.40. The van der Waals surface area contributed by atoms with Gasteiger partial charge in [0.05, 0.1) is 0 Å². The zero-order chi connectivity index (χ0) is 17.0. The number of hydrogen-bond donors (Lipinski definition) is 2. The third-order valence-electron chi connectivity index (χ3n) is 3.61. The standard InChI is InChI=1S/C13H18BFN2O5S/c1-14(19)17-7-3-5-11(9-17)16-13(18)10-4-2-6-12(8-10)22-23(15,20)21/h2,4,6,8,11,19H,3,5,7,9H2,1H3,(H,16,18)/t11-/m1/s1. The van der Waals surface area contributed by atoms with Crippen LogP contribution in [-0.2, 0) is 10.5 Å². The summed E-state index contributed by atoms with van der Waals surface area (Å²) in [4.78, 5) is 14.1. The summed E-state index contributed by atoms with van der Waals surface area (Å²) in [5.41, 5.74) is 0.167. The summed E-state index contributed by atoms with van der Waals surface area (Å²) in [6.45, 7) is 2.96. The van der Waals surface area contributed by atoms with Crippen LogP contribution in [0.4, 0.5) is 3.89 Å². The van der Waals surface area contributed by atoms with Gasteiger partial charge in [0.25, 0.3) is 5.91 Å². The molecule has 0 radical (unpaired) electrons. The van der Waals surface area contributed by atoms with E-state index in [2.05, 4.69) is 9.50 Å². The van der Waals surface area contributed by atoms with Crippen LogP contribution in [0, 0.1) is 0 Å². The first-order valence-electron chi connectivity index (χ1n) is 7.22. The predicted molar refractivity (Wildman–Crippen MR) is 83.0 cm³/mol. The van der Waals surface area contributed by atoms with E-state index in [0.717, 1.165) is 25.5 Å². The van der Waals surface area contributed by atoms with Crippen LogP contribution < -0.4 is 9.50 Å². The number of carbonyl (C=O) groups is 1. The highest BCUT2D eigenvalue weighted by molar-refractivity contribution is 7.81. The van der Waals surface area contributed by atoms with Gasteiger partial charge in [-0.2, -0.15) is 8.42 Å². The Kier molecular flexibility index (Phi) is 5.61. The van der Waals surface area contributed by atoms with E-state index >= 15 is 0 Å². The Morgan fingerprint density at radius 2 is 2.26 bits per heavy atom. The van der Waals surface area contributed by atoms with Gasteiger partial charge in [-0.15, -0.1) is 0 Å². The summed E-state index contributed by atoms with van der Waals surface area (Å²) >= 11 is 0. The Morgan fingerprint density at radius 3 is 2.91 bits per heavy atom. The molecule has 0 aliphatic carbocycles. The Bertz CT molecular complexity index is 670. The van der Waals surface area contributed by atoms with E-state index in [0.29, 0.717) is 6.54 Å². The molecule has 2 N–H and O–H groups in total. The quantitative estimate of drug-likeness (QED) is 0.599. The van der Waals surface area contributed by atoms with Crippen molar-refractivity contribution in [2.24, 2.45) is 0 Å². The van der Waals surface area contributed by atoms with Gasteiger partial charge in [0.15, 0.2) is 0 Å². The topological polar surface area (TPSA) is 95.9 Å². The van der Waals surface area contributed by atoms with Crippen molar-refractivity contribution in [3.8, 4) is 5.75 Å². The maximum absolute atomic E-state index is 12.5. The lowest BCUT2D eigenvalue weighted by Crippen LogP contribution is -2.51. The van der Waals surface area contributed by atoms with Crippen molar-refractivity contribution in [3.63, 3.8) is 0 Å². The zero-order valence-corrected chi connectivity index (χ0v) is 13.4. The van der Waals surface area contributed by atoms with E-state index in [1.165, 1.54) is 18.2 Å². The summed E-state index contributed by atoms with van der Waals surface area (Å²) in [5, 5.41) is 12.4. The fourth-order valence-electron chi connectivity index (χ4n) is 2.54. The predicted octanol–water partition coefficient (Wildman–Crippen LogP) is 0.584. The van der Waals surface area contributed by atoms with E-state index in [9.17, 15) is 22.1 Å². The molecule has 1 aliphatic rings. The average Bonchev–Trinajstić information content (AvgIpc) is 2.46. The van der Waals surface area contributed by atoms with E-state index < -0.39 is 23.5 Å². The van der Waals surface area contributed by atoms with Gasteiger partial charge < -0.3 is 19.3 Å². The molecule has 0 spiro atoms. The molecule has 0 aromatic heterocycles. The largest absolute Gasteiger partial charge is 0.488 e. The SMILES string of the molecule is CB(O)N1CCC[C@@H](NC(=O)c2cccc(OS(=O)(=O)F)c2)C1. The molecule has 0 saturated carbocycles. The maximum atomic E-state index is 12.5. The highest BCUT2D eigenvalue weighted by Gasteiger charge is 2.26. The summed E-state index contributed by atoms with van der Waals surface area (Å²) in [6, 6.07) is 5.15. The number of carbonyl (C=O) groups excluding carboxylic acids is 1. The summed E-state index contributed by atoms with van der Waals surface area (Å²) in [7, 11) is -5.71. The van der Waals surface area contributed by atoms with Gasteiger partial charge >= 0.3 is 17.6 Å². The number of hydrogen-bond acceptors (Lipinski definition) is 6. The van der Waals surface area contributed by atoms with Crippen molar-refractivity contribution < 1.29 is 26.3 Å². The first-order chi connectivity index (χ1) is 10.7. The molecule has 1 heterocycles. The molecule has 7 nitrogen and oxygen atoms in total. The van der Waals surface area contributed by atoms with E-state index in [4.69, 9.17) is 0 Å². The second-order valence-electron chi connectivity index (χ2n) is 5.44. The number of piperidine rings is 1. The molecule has 1 aliphatic heterocycles. The molecular formula is C13H18BFN2O5S. The van der Waals surface area contributed by atoms with Gasteiger partial charge in [-0.3, -0.25) is 4.79 Å². The van der Waals surface area contributed by atoms with E-state index in [-0.39, 0.29) is 17.4 Å². The fraction of sp³-hybridized carbons (Fsp3) is 0.462. The highest BCUT2D eigenvalue weighted by atomic mass is 32.3. The van der Waals surface area contributed by atoms with Gasteiger partial charge in [-0.1, -0.05) is 9.95 Å². The van der Waals surface area contributed by atoms with Crippen molar-refractivity contribution in [2.45, 2.75) is 25.7 Å². The first kappa shape index (κ1) is 17.7. The molecule has 10 heteroatoms. The minimum atomic E-state index is -5.13. The van der Waals surface area contributed by atoms with E-state index in [1.54, 1.807) is 6.82 Å². The number of nitrogens with one attached hydrogen (secondary N) is 1. The molecule has 126 valence electrons. The van der Waals surface area contributed by atoms with Crippen molar-refractivity contribution in [1.82, 2.24) is 10.1 Å². The molecule has 1 atom stereocenters. The smallest absolute Gasteiger partial charge is 0.437 e. The van der Waals surface area contributed by atoms with Crippen molar-refractivity contribution in [2.75, 3.05) is 13.1 Å². The Balaban J connectivity index is 2.02. The number of nitrogens with zero attached hydrogens (tertiary/aromatic N) is 1. The molecule has 2 rings (SSSR count). The molecule has 0 unspecified atom stereocenters. The monoisotopic (exact) mass is 344 g/mol. The van der Waals surface area contributed by atoms with Crippen molar-refractivity contribution in [3.05, 3.63) is 29.8 Å². The lowest BCUT2D eigenvalue weighted by atomic mass is 9.82.